The lowest BCUT2D eigenvalue weighted by Crippen LogP contribution is -2.31. The predicted molar refractivity (Wildman–Crippen MR) is 78.4 cm³/mol. The third-order valence-electron chi connectivity index (χ3n) is 3.54. The first-order valence-corrected chi connectivity index (χ1v) is 7.45. The van der Waals surface area contributed by atoms with Crippen molar-refractivity contribution in [3.05, 3.63) is 23.8 Å². The van der Waals surface area contributed by atoms with Crippen LogP contribution in [0.2, 0.25) is 0 Å². The van der Waals surface area contributed by atoms with Gasteiger partial charge in [-0.15, -0.1) is 0 Å². The van der Waals surface area contributed by atoms with Crippen LogP contribution in [0.5, 0.6) is 0 Å². The number of hydrogen-bond donors (Lipinski definition) is 2. The maximum atomic E-state index is 4.63. The lowest BCUT2D eigenvalue weighted by molar-refractivity contribution is 0.390. The quantitative estimate of drug-likeness (QED) is 0.892. The van der Waals surface area contributed by atoms with Crippen molar-refractivity contribution in [2.45, 2.75) is 19.8 Å². The summed E-state index contributed by atoms with van der Waals surface area (Å²) in [6.07, 6.45) is 2.55. The molecule has 0 amide bonds. The van der Waals surface area contributed by atoms with E-state index >= 15 is 0 Å². The van der Waals surface area contributed by atoms with Gasteiger partial charge in [-0.1, -0.05) is 17.4 Å². The molecule has 0 saturated carbocycles. The van der Waals surface area contributed by atoms with E-state index in [0.29, 0.717) is 0 Å². The highest BCUT2D eigenvalue weighted by Crippen LogP contribution is 2.27. The van der Waals surface area contributed by atoms with Crippen molar-refractivity contribution < 1.29 is 0 Å². The van der Waals surface area contributed by atoms with Gasteiger partial charge in [0.25, 0.3) is 0 Å². The van der Waals surface area contributed by atoms with E-state index in [2.05, 4.69) is 40.7 Å². The molecule has 1 aromatic heterocycles. The number of aryl methyl sites for hydroxylation is 1. The molecule has 1 saturated heterocycles. The van der Waals surface area contributed by atoms with E-state index in [1.807, 2.05) is 0 Å². The van der Waals surface area contributed by atoms with Gasteiger partial charge in [-0.3, -0.25) is 0 Å². The van der Waals surface area contributed by atoms with E-state index in [1.165, 1.54) is 23.1 Å². The number of fused-ring (bicyclic) bond motifs is 1. The maximum absolute atomic E-state index is 4.63. The lowest BCUT2D eigenvalue weighted by Gasteiger charge is -2.22. The lowest BCUT2D eigenvalue weighted by atomic mass is 9.98. The number of piperidine rings is 1. The molecule has 2 N–H and O–H groups in total. The van der Waals surface area contributed by atoms with Gasteiger partial charge in [-0.05, 0) is 56.5 Å². The summed E-state index contributed by atoms with van der Waals surface area (Å²) in [5.74, 6) is 0.792. The van der Waals surface area contributed by atoms with Crippen LogP contribution in [0, 0.1) is 12.8 Å². The fourth-order valence-corrected chi connectivity index (χ4v) is 3.40. The Balaban J connectivity index is 1.67. The number of aromatic nitrogens is 1. The number of nitrogens with one attached hydrogen (secondary N) is 2. The molecular weight excluding hydrogens is 242 g/mol. The molecule has 0 atom stereocenters. The van der Waals surface area contributed by atoms with Crippen molar-refractivity contribution >= 4 is 26.7 Å². The van der Waals surface area contributed by atoms with Gasteiger partial charge in [0, 0.05) is 6.54 Å². The van der Waals surface area contributed by atoms with Crippen LogP contribution in [0.4, 0.5) is 5.13 Å². The van der Waals surface area contributed by atoms with Crippen molar-refractivity contribution in [3.63, 3.8) is 0 Å². The molecule has 1 fully saturated rings. The molecule has 3 nitrogen and oxygen atoms in total. The van der Waals surface area contributed by atoms with Crippen LogP contribution < -0.4 is 10.6 Å². The van der Waals surface area contributed by atoms with E-state index in [-0.39, 0.29) is 0 Å². The van der Waals surface area contributed by atoms with Crippen molar-refractivity contribution in [1.29, 1.82) is 0 Å². The third kappa shape index (κ3) is 2.65. The first kappa shape index (κ1) is 11.9. The molecule has 2 aromatic rings. The molecular formula is C14H19N3S. The second-order valence-corrected chi connectivity index (χ2v) is 6.10. The molecule has 0 radical (unpaired) electrons. The summed E-state index contributed by atoms with van der Waals surface area (Å²) in [7, 11) is 0. The largest absolute Gasteiger partial charge is 0.361 e. The topological polar surface area (TPSA) is 37.0 Å². The Hall–Kier alpha value is -1.13. The van der Waals surface area contributed by atoms with Crippen LogP contribution in [-0.4, -0.2) is 24.6 Å². The van der Waals surface area contributed by atoms with Gasteiger partial charge in [0.15, 0.2) is 5.13 Å². The van der Waals surface area contributed by atoms with Crippen molar-refractivity contribution in [1.82, 2.24) is 10.3 Å². The molecule has 0 bridgehead atoms. The van der Waals surface area contributed by atoms with E-state index in [1.54, 1.807) is 11.3 Å². The molecule has 0 spiro atoms. The Labute approximate surface area is 112 Å². The molecule has 3 rings (SSSR count). The van der Waals surface area contributed by atoms with Crippen LogP contribution >= 0.6 is 11.3 Å². The third-order valence-corrected chi connectivity index (χ3v) is 4.52. The van der Waals surface area contributed by atoms with Crippen LogP contribution in [0.3, 0.4) is 0 Å². The van der Waals surface area contributed by atoms with Gasteiger partial charge in [0.05, 0.1) is 10.2 Å². The smallest absolute Gasteiger partial charge is 0.183 e. The first-order valence-electron chi connectivity index (χ1n) is 6.63. The highest BCUT2D eigenvalue weighted by atomic mass is 32.1. The standard InChI is InChI=1S/C14H19N3S/c1-10-2-3-12-13(8-10)18-14(17-12)16-9-11-4-6-15-7-5-11/h2-3,8,11,15H,4-7,9H2,1H3,(H,16,17). The van der Waals surface area contributed by atoms with Gasteiger partial charge >= 0.3 is 0 Å². The minimum atomic E-state index is 0.792. The van der Waals surface area contributed by atoms with Crippen LogP contribution in [-0.2, 0) is 0 Å². The highest BCUT2D eigenvalue weighted by molar-refractivity contribution is 7.22. The maximum Gasteiger partial charge on any atom is 0.183 e. The molecule has 1 aliphatic rings. The molecule has 1 aliphatic heterocycles. The Bertz CT molecular complexity index is 529. The number of benzene rings is 1. The molecule has 18 heavy (non-hydrogen) atoms. The summed E-state index contributed by atoms with van der Waals surface area (Å²) in [6.45, 7) is 5.50. The summed E-state index contributed by atoms with van der Waals surface area (Å²) >= 11 is 1.76. The highest BCUT2D eigenvalue weighted by Gasteiger charge is 2.13. The van der Waals surface area contributed by atoms with Gasteiger partial charge in [0.1, 0.15) is 0 Å². The van der Waals surface area contributed by atoms with Crippen molar-refractivity contribution in [2.75, 3.05) is 25.0 Å². The fraction of sp³-hybridized carbons (Fsp3) is 0.500. The zero-order chi connectivity index (χ0) is 12.4. The van der Waals surface area contributed by atoms with E-state index in [0.717, 1.165) is 36.2 Å². The zero-order valence-corrected chi connectivity index (χ0v) is 11.5. The van der Waals surface area contributed by atoms with Crippen LogP contribution in [0.25, 0.3) is 10.2 Å². The summed E-state index contributed by atoms with van der Waals surface area (Å²) in [5, 5.41) is 7.97. The molecule has 4 heteroatoms. The van der Waals surface area contributed by atoms with Crippen molar-refractivity contribution in [3.8, 4) is 0 Å². The number of nitrogens with zero attached hydrogens (tertiary/aromatic N) is 1. The number of hydrogen-bond acceptors (Lipinski definition) is 4. The first-order chi connectivity index (χ1) is 8.81. The normalized spacial score (nSPS) is 17.2. The Morgan fingerprint density at radius 3 is 3.06 bits per heavy atom. The average Bonchev–Trinajstić information content (AvgIpc) is 2.79. The Morgan fingerprint density at radius 1 is 1.39 bits per heavy atom. The Kier molecular flexibility index (Phi) is 3.48. The SMILES string of the molecule is Cc1ccc2nc(NCC3CCNCC3)sc2c1. The van der Waals surface area contributed by atoms with E-state index in [4.69, 9.17) is 0 Å². The monoisotopic (exact) mass is 261 g/mol. The summed E-state index contributed by atoms with van der Waals surface area (Å²) in [4.78, 5) is 4.63. The van der Waals surface area contributed by atoms with E-state index in [9.17, 15) is 0 Å². The van der Waals surface area contributed by atoms with E-state index < -0.39 is 0 Å². The molecule has 0 unspecified atom stereocenters. The Morgan fingerprint density at radius 2 is 2.22 bits per heavy atom. The minimum absolute atomic E-state index is 0.792. The van der Waals surface area contributed by atoms with Gasteiger partial charge in [-0.25, -0.2) is 4.98 Å². The van der Waals surface area contributed by atoms with Gasteiger partial charge in [0.2, 0.25) is 0 Å². The fourth-order valence-electron chi connectivity index (χ4n) is 2.42. The van der Waals surface area contributed by atoms with Gasteiger partial charge < -0.3 is 10.6 Å². The zero-order valence-electron chi connectivity index (χ0n) is 10.7. The van der Waals surface area contributed by atoms with Crippen molar-refractivity contribution in [2.24, 2.45) is 5.92 Å². The molecule has 96 valence electrons. The number of rotatable bonds is 3. The average molecular weight is 261 g/mol. The number of thiazole rings is 1. The molecule has 1 aromatic carbocycles. The summed E-state index contributed by atoms with van der Waals surface area (Å²) in [5.41, 5.74) is 2.41. The summed E-state index contributed by atoms with van der Waals surface area (Å²) < 4.78 is 1.28. The molecule has 2 heterocycles. The summed E-state index contributed by atoms with van der Waals surface area (Å²) in [6, 6.07) is 6.44. The predicted octanol–water partition coefficient (Wildman–Crippen LogP) is 3.02. The van der Waals surface area contributed by atoms with Crippen LogP contribution in [0.1, 0.15) is 18.4 Å². The van der Waals surface area contributed by atoms with Crippen LogP contribution in [0.15, 0.2) is 18.2 Å². The molecule has 0 aliphatic carbocycles. The number of anilines is 1. The van der Waals surface area contributed by atoms with Gasteiger partial charge in [-0.2, -0.15) is 0 Å². The second-order valence-electron chi connectivity index (χ2n) is 5.06. The second kappa shape index (κ2) is 5.24. The minimum Gasteiger partial charge on any atom is -0.361 e.